The van der Waals surface area contributed by atoms with E-state index in [1.807, 2.05) is 6.92 Å². The smallest absolute Gasteiger partial charge is 0.323 e. The van der Waals surface area contributed by atoms with Crippen molar-refractivity contribution in [1.29, 1.82) is 0 Å². The van der Waals surface area contributed by atoms with Crippen LogP contribution >= 0.6 is 22.6 Å². The Hall–Kier alpha value is -3.38. The van der Waals surface area contributed by atoms with Gasteiger partial charge in [0.2, 0.25) is 0 Å². The molecule has 10 heteroatoms. The maximum absolute atomic E-state index is 13.7. The monoisotopic (exact) mass is 559 g/mol. The van der Waals surface area contributed by atoms with E-state index in [9.17, 15) is 19.5 Å². The highest BCUT2D eigenvalue weighted by atomic mass is 127. The first kappa shape index (κ1) is 22.8. The van der Waals surface area contributed by atoms with E-state index in [4.69, 9.17) is 0 Å². The van der Waals surface area contributed by atoms with Gasteiger partial charge in [0.1, 0.15) is 5.82 Å². The van der Waals surface area contributed by atoms with Crippen molar-refractivity contribution < 1.29 is 14.7 Å². The molecule has 1 aromatic carbocycles. The van der Waals surface area contributed by atoms with E-state index in [0.29, 0.717) is 27.9 Å². The highest BCUT2D eigenvalue weighted by Crippen LogP contribution is 2.39. The van der Waals surface area contributed by atoms with Gasteiger partial charge in [0.25, 0.3) is 0 Å². The van der Waals surface area contributed by atoms with Crippen LogP contribution in [-0.2, 0) is 5.60 Å². The topological polar surface area (TPSA) is 127 Å². The molecule has 3 heterocycles. The zero-order chi connectivity index (χ0) is 23.8. The maximum Gasteiger partial charge on any atom is 0.323 e. The van der Waals surface area contributed by atoms with Gasteiger partial charge >= 0.3 is 5.69 Å². The largest absolute Gasteiger partial charge is 0.411 e. The van der Waals surface area contributed by atoms with Crippen molar-refractivity contribution in [2.45, 2.75) is 19.4 Å². The van der Waals surface area contributed by atoms with Crippen LogP contribution in [0.1, 0.15) is 36.4 Å². The molecule has 0 spiro atoms. The Morgan fingerprint density at radius 3 is 2.48 bits per heavy atom. The lowest BCUT2D eigenvalue weighted by atomic mass is 9.83. The molecular formula is C23H19FIN5O3. The van der Waals surface area contributed by atoms with Gasteiger partial charge in [-0.3, -0.25) is 9.97 Å². The van der Waals surface area contributed by atoms with Gasteiger partial charge in [0, 0.05) is 17.3 Å². The molecule has 4 rings (SSSR count). The number of halogens is 2. The zero-order valence-electron chi connectivity index (χ0n) is 17.6. The second-order valence-corrected chi connectivity index (χ2v) is 9.02. The molecule has 0 fully saturated rings. The van der Waals surface area contributed by atoms with E-state index in [0.717, 1.165) is 9.78 Å². The number of aliphatic hydroxyl groups is 1. The summed E-state index contributed by atoms with van der Waals surface area (Å²) in [4.78, 5) is 26.2. The first-order valence-corrected chi connectivity index (χ1v) is 10.9. The van der Waals surface area contributed by atoms with Crippen LogP contribution in [0.2, 0.25) is 0 Å². The molecule has 1 unspecified atom stereocenters. The van der Waals surface area contributed by atoms with Crippen LogP contribution in [0.15, 0.2) is 68.4 Å². The van der Waals surface area contributed by atoms with Crippen molar-refractivity contribution in [2.24, 2.45) is 5.16 Å². The molecule has 0 aliphatic heterocycles. The molecule has 3 aromatic heterocycles. The summed E-state index contributed by atoms with van der Waals surface area (Å²) in [5.41, 5.74) is 0.535. The van der Waals surface area contributed by atoms with Crippen LogP contribution in [0.25, 0.3) is 16.6 Å². The van der Waals surface area contributed by atoms with Gasteiger partial charge in [0.05, 0.1) is 34.3 Å². The normalized spacial score (nSPS) is 14.8. The van der Waals surface area contributed by atoms with Crippen molar-refractivity contribution in [3.63, 3.8) is 0 Å². The van der Waals surface area contributed by atoms with E-state index in [1.165, 1.54) is 18.3 Å². The van der Waals surface area contributed by atoms with Crippen LogP contribution in [-0.4, -0.2) is 36.0 Å². The lowest BCUT2D eigenvalue weighted by Crippen LogP contribution is -2.32. The Morgan fingerprint density at radius 2 is 1.88 bits per heavy atom. The lowest BCUT2D eigenvalue weighted by molar-refractivity contribution is 0.117. The number of aromatic nitrogens is 4. The number of pyridine rings is 2. The molecular weight excluding hydrogens is 540 g/mol. The SMILES string of the molecule is CC(=N/O)/C(=C(/C)I)c1cc(C(O)(c2ccccn2)c2ccc(F)cn2)c2[nH]c(=O)[nH]c2c1. The van der Waals surface area contributed by atoms with Gasteiger partial charge in [-0.1, -0.05) is 11.2 Å². The number of nitrogens with zero attached hydrogens (tertiary/aromatic N) is 3. The quantitative estimate of drug-likeness (QED) is 0.127. The predicted octanol–water partition coefficient (Wildman–Crippen LogP) is 4.09. The number of benzene rings is 1. The first-order chi connectivity index (χ1) is 15.8. The first-order valence-electron chi connectivity index (χ1n) is 9.84. The van der Waals surface area contributed by atoms with E-state index in [2.05, 4.69) is 47.7 Å². The summed E-state index contributed by atoms with van der Waals surface area (Å²) in [6.45, 7) is 3.49. The minimum Gasteiger partial charge on any atom is -0.411 e. The molecule has 0 saturated carbocycles. The number of rotatable bonds is 5. The standard InChI is InChI=1S/C23H19FIN5O3/c1-12(25)20(13(2)30-33)14-9-16(21-17(10-14)28-22(31)29-21)23(32,18-5-3-4-8-26-18)19-7-6-15(24)11-27-19/h3-11,32-33H,1-2H3,(H2,28,29,31)/b20-12+,30-13-. The summed E-state index contributed by atoms with van der Waals surface area (Å²) in [5.74, 6) is -0.559. The summed E-state index contributed by atoms with van der Waals surface area (Å²) in [6.07, 6.45) is 2.53. The highest BCUT2D eigenvalue weighted by Gasteiger charge is 2.39. The van der Waals surface area contributed by atoms with Crippen LogP contribution in [0.4, 0.5) is 4.39 Å². The van der Waals surface area contributed by atoms with Crippen molar-refractivity contribution in [3.8, 4) is 0 Å². The van der Waals surface area contributed by atoms with Crippen LogP contribution in [0.5, 0.6) is 0 Å². The Balaban J connectivity index is 2.14. The Bertz CT molecular complexity index is 1440. The number of oxime groups is 1. The third-order valence-electron chi connectivity index (χ3n) is 5.29. The molecule has 0 radical (unpaired) electrons. The molecule has 0 amide bonds. The molecule has 0 aliphatic rings. The van der Waals surface area contributed by atoms with Gasteiger partial charge < -0.3 is 20.3 Å². The zero-order valence-corrected chi connectivity index (χ0v) is 19.8. The fourth-order valence-corrected chi connectivity index (χ4v) is 4.55. The van der Waals surface area contributed by atoms with Crippen molar-refractivity contribution in [1.82, 2.24) is 19.9 Å². The Kier molecular flexibility index (Phi) is 6.13. The van der Waals surface area contributed by atoms with Crippen LogP contribution < -0.4 is 5.69 Å². The molecule has 0 aliphatic carbocycles. The number of nitrogens with one attached hydrogen (secondary N) is 2. The fraction of sp³-hybridized carbons (Fsp3) is 0.130. The number of aromatic amines is 2. The average molecular weight is 559 g/mol. The molecule has 0 bridgehead atoms. The molecule has 4 aromatic rings. The summed E-state index contributed by atoms with van der Waals surface area (Å²) in [5, 5.41) is 24.9. The van der Waals surface area contributed by atoms with E-state index in [1.54, 1.807) is 37.3 Å². The average Bonchev–Trinajstić information content (AvgIpc) is 3.18. The summed E-state index contributed by atoms with van der Waals surface area (Å²) in [6, 6.07) is 11.0. The second-order valence-electron chi connectivity index (χ2n) is 7.41. The molecule has 4 N–H and O–H groups in total. The number of hydrogen-bond acceptors (Lipinski definition) is 6. The van der Waals surface area contributed by atoms with Crippen molar-refractivity contribution in [3.05, 3.63) is 97.3 Å². The van der Waals surface area contributed by atoms with Gasteiger partial charge in [-0.2, -0.15) is 0 Å². The molecule has 168 valence electrons. The van der Waals surface area contributed by atoms with E-state index in [-0.39, 0.29) is 17.0 Å². The van der Waals surface area contributed by atoms with Gasteiger partial charge in [-0.25, -0.2) is 9.18 Å². The van der Waals surface area contributed by atoms with Crippen LogP contribution in [0, 0.1) is 5.82 Å². The fourth-order valence-electron chi connectivity index (χ4n) is 3.85. The summed E-state index contributed by atoms with van der Waals surface area (Å²) >= 11 is 2.11. The van der Waals surface area contributed by atoms with E-state index < -0.39 is 17.1 Å². The second kappa shape index (κ2) is 8.87. The number of fused-ring (bicyclic) bond motifs is 1. The minimum atomic E-state index is -1.94. The molecule has 0 saturated heterocycles. The highest BCUT2D eigenvalue weighted by molar-refractivity contribution is 14.1. The molecule has 8 nitrogen and oxygen atoms in total. The molecule has 33 heavy (non-hydrogen) atoms. The maximum atomic E-state index is 13.7. The number of allylic oxidation sites excluding steroid dienone is 2. The van der Waals surface area contributed by atoms with Gasteiger partial charge in [-0.15, -0.1) is 0 Å². The third kappa shape index (κ3) is 4.07. The van der Waals surface area contributed by atoms with Crippen molar-refractivity contribution in [2.75, 3.05) is 0 Å². The van der Waals surface area contributed by atoms with Crippen LogP contribution in [0.3, 0.4) is 0 Å². The van der Waals surface area contributed by atoms with Gasteiger partial charge in [0.15, 0.2) is 5.60 Å². The number of imidazole rings is 1. The lowest BCUT2D eigenvalue weighted by Gasteiger charge is -2.29. The minimum absolute atomic E-state index is 0.118. The summed E-state index contributed by atoms with van der Waals surface area (Å²) in [7, 11) is 0. The number of H-pyrrole nitrogens is 2. The third-order valence-corrected chi connectivity index (χ3v) is 5.83. The van der Waals surface area contributed by atoms with Gasteiger partial charge in [-0.05, 0) is 82.0 Å². The predicted molar refractivity (Wildman–Crippen MR) is 131 cm³/mol. The summed E-state index contributed by atoms with van der Waals surface area (Å²) < 4.78 is 14.5. The van der Waals surface area contributed by atoms with Crippen molar-refractivity contribution >= 4 is 44.9 Å². The Morgan fingerprint density at radius 1 is 1.12 bits per heavy atom. The molecule has 1 atom stereocenters. The Labute approximate surface area is 201 Å². The number of hydrogen-bond donors (Lipinski definition) is 4. The van der Waals surface area contributed by atoms with E-state index >= 15 is 0 Å².